The fourth-order valence-electron chi connectivity index (χ4n) is 0.0364. The van der Waals surface area contributed by atoms with E-state index in [4.69, 9.17) is 23.2 Å². The van der Waals surface area contributed by atoms with Crippen LogP contribution in [0, 0.1) is 0 Å². The molecule has 0 N–H and O–H groups in total. The van der Waals surface area contributed by atoms with Crippen LogP contribution in [0.25, 0.3) is 0 Å². The molecule has 0 spiro atoms. The van der Waals surface area contributed by atoms with Gasteiger partial charge in [0.2, 0.25) is 0 Å². The normalized spacial score (nSPS) is 14.3. The van der Waals surface area contributed by atoms with E-state index >= 15 is 0 Å². The first-order valence-corrected chi connectivity index (χ1v) is 3.33. The summed E-state index contributed by atoms with van der Waals surface area (Å²) in [6.07, 6.45) is 0. The van der Waals surface area contributed by atoms with Crippen molar-refractivity contribution in [3.63, 3.8) is 0 Å². The van der Waals surface area contributed by atoms with Crippen LogP contribution in [0.4, 0.5) is 0 Å². The van der Waals surface area contributed by atoms with E-state index in [-0.39, 0.29) is 5.56 Å². The number of hydrogen-bond donors (Lipinski definition) is 0. The van der Waals surface area contributed by atoms with Crippen LogP contribution in [0.15, 0.2) is 0 Å². The van der Waals surface area contributed by atoms with E-state index in [1.807, 2.05) is 0 Å². The molecule has 0 saturated heterocycles. The third-order valence-corrected chi connectivity index (χ3v) is 2.02. The minimum absolute atomic E-state index is 0.299. The molecule has 0 aliphatic rings. The van der Waals surface area contributed by atoms with Gasteiger partial charge in [-0.3, -0.25) is 0 Å². The molecule has 0 fully saturated rings. The third kappa shape index (κ3) is 3.37. The summed E-state index contributed by atoms with van der Waals surface area (Å²) in [7, 11) is 0. The van der Waals surface area contributed by atoms with Gasteiger partial charge in [0.05, 0.1) is 0 Å². The summed E-state index contributed by atoms with van der Waals surface area (Å²) in [5, 5.41) is 0. The van der Waals surface area contributed by atoms with E-state index in [1.165, 1.54) is 0 Å². The maximum atomic E-state index is 5.31. The molecule has 1 unspecified atom stereocenters. The van der Waals surface area contributed by atoms with Crippen LogP contribution in [-0.4, -0.2) is 30.4 Å². The summed E-state index contributed by atoms with van der Waals surface area (Å²) >= 11 is 11.6. The molecular formula is C2H3Cl2GaO. The zero-order valence-corrected chi connectivity index (χ0v) is 6.96. The van der Waals surface area contributed by atoms with Crippen LogP contribution in [-0.2, 0) is 3.53 Å². The predicted molar refractivity (Wildman–Crippen MR) is 27.2 cm³/mol. The van der Waals surface area contributed by atoms with Gasteiger partial charge in [0.25, 0.3) is 0 Å². The topological polar surface area (TPSA) is 9.23 Å². The first kappa shape index (κ1) is 7.18. The quantitative estimate of drug-likeness (QED) is 0.457. The summed E-state index contributed by atoms with van der Waals surface area (Å²) in [5.74, 6) is 0.361. The van der Waals surface area contributed by atoms with E-state index in [9.17, 15) is 0 Å². The Morgan fingerprint density at radius 1 is 1.83 bits per heavy atom. The summed E-state index contributed by atoms with van der Waals surface area (Å²) < 4.78 is 4.60. The van der Waals surface area contributed by atoms with Crippen molar-refractivity contribution in [3.8, 4) is 0 Å². The van der Waals surface area contributed by atoms with Crippen molar-refractivity contribution in [1.82, 2.24) is 0 Å². The van der Waals surface area contributed by atoms with E-state index < -0.39 is 0 Å². The SMILES string of the molecule is ClCC(Cl)[O][Ga]. The van der Waals surface area contributed by atoms with E-state index in [1.54, 1.807) is 0 Å². The van der Waals surface area contributed by atoms with Crippen molar-refractivity contribution in [3.05, 3.63) is 0 Å². The number of alkyl halides is 2. The Labute approximate surface area is 57.3 Å². The average molecular weight is 184 g/mol. The Hall–Kier alpha value is 1.18. The van der Waals surface area contributed by atoms with Gasteiger partial charge in [-0.05, 0) is 0 Å². The Bertz CT molecular complexity index is 30.7. The van der Waals surface area contributed by atoms with Crippen LogP contribution >= 0.6 is 23.2 Å². The van der Waals surface area contributed by atoms with Crippen molar-refractivity contribution in [2.45, 2.75) is 5.56 Å². The molecule has 0 aliphatic carbocycles. The second-order valence-electron chi connectivity index (χ2n) is 0.700. The number of hydrogen-bond acceptors (Lipinski definition) is 1. The first-order valence-electron chi connectivity index (χ1n) is 1.37. The van der Waals surface area contributed by atoms with Gasteiger partial charge in [-0.15, -0.1) is 0 Å². The Kier molecular flexibility index (Phi) is 5.19. The molecule has 0 aromatic heterocycles. The summed E-state index contributed by atoms with van der Waals surface area (Å²) in [4.78, 5) is 0. The molecule has 1 atom stereocenters. The molecule has 34 valence electrons. The zero-order valence-electron chi connectivity index (χ0n) is 3.03. The molecule has 0 rings (SSSR count). The van der Waals surface area contributed by atoms with Crippen molar-refractivity contribution in [2.75, 3.05) is 5.88 Å². The van der Waals surface area contributed by atoms with Gasteiger partial charge < -0.3 is 0 Å². The average Bonchev–Trinajstić information content (AvgIpc) is 1.65. The second-order valence-corrected chi connectivity index (χ2v) is 2.07. The predicted octanol–water partition coefficient (Wildman–Crippen LogP) is 0.890. The molecule has 0 heterocycles. The van der Waals surface area contributed by atoms with Gasteiger partial charge in [0.15, 0.2) is 0 Å². The molecule has 0 saturated carbocycles. The second kappa shape index (κ2) is 4.34. The zero-order chi connectivity index (χ0) is 4.99. The molecule has 0 aromatic rings. The Morgan fingerprint density at radius 3 is 2.33 bits per heavy atom. The Balaban J connectivity index is 2.75. The van der Waals surface area contributed by atoms with Crippen molar-refractivity contribution >= 4 is 42.2 Å². The molecular weight excluding hydrogens is 181 g/mol. The van der Waals surface area contributed by atoms with Crippen molar-refractivity contribution in [2.24, 2.45) is 0 Å². The molecule has 4 heteroatoms. The van der Waals surface area contributed by atoms with Crippen LogP contribution in [0.5, 0.6) is 0 Å². The number of rotatable bonds is 2. The van der Waals surface area contributed by atoms with Gasteiger partial charge in [-0.25, -0.2) is 0 Å². The fraction of sp³-hybridized carbons (Fsp3) is 1.00. The molecule has 0 aromatic carbocycles. The molecule has 2 radical (unpaired) electrons. The van der Waals surface area contributed by atoms with Gasteiger partial charge in [0, 0.05) is 0 Å². The van der Waals surface area contributed by atoms with Crippen LogP contribution in [0.2, 0.25) is 0 Å². The summed E-state index contributed by atoms with van der Waals surface area (Å²) in [6, 6.07) is 0. The van der Waals surface area contributed by atoms with E-state index in [2.05, 4.69) is 3.53 Å². The standard InChI is InChI=1S/C2H3Cl2O.Ga/c3-1-2(4)5;/h2H,1H2;/q-1;+1. The minimum atomic E-state index is -0.299. The molecule has 0 bridgehead atoms. The molecule has 0 aliphatic heterocycles. The van der Waals surface area contributed by atoms with Gasteiger partial charge >= 0.3 is 57.1 Å². The molecule has 6 heavy (non-hydrogen) atoms. The van der Waals surface area contributed by atoms with E-state index in [0.717, 1.165) is 19.0 Å². The summed E-state index contributed by atoms with van der Waals surface area (Å²) in [6.45, 7) is 0. The Morgan fingerprint density at radius 2 is 2.33 bits per heavy atom. The maximum absolute atomic E-state index is 5.31. The van der Waals surface area contributed by atoms with Crippen LogP contribution < -0.4 is 0 Å². The summed E-state index contributed by atoms with van der Waals surface area (Å²) in [5.41, 5.74) is -0.299. The van der Waals surface area contributed by atoms with Gasteiger partial charge in [0.1, 0.15) is 0 Å². The first-order chi connectivity index (χ1) is 2.81. The molecule has 0 amide bonds. The van der Waals surface area contributed by atoms with Crippen LogP contribution in [0.3, 0.4) is 0 Å². The molecule has 1 nitrogen and oxygen atoms in total. The van der Waals surface area contributed by atoms with Crippen LogP contribution in [0.1, 0.15) is 0 Å². The monoisotopic (exact) mass is 182 g/mol. The van der Waals surface area contributed by atoms with Gasteiger partial charge in [-0.2, -0.15) is 0 Å². The fourth-order valence-corrected chi connectivity index (χ4v) is 0.567. The van der Waals surface area contributed by atoms with E-state index in [0.29, 0.717) is 5.88 Å². The van der Waals surface area contributed by atoms with Crippen molar-refractivity contribution < 1.29 is 3.53 Å². The van der Waals surface area contributed by atoms with Crippen molar-refractivity contribution in [1.29, 1.82) is 0 Å². The number of halogens is 2. The third-order valence-electron chi connectivity index (χ3n) is 0.269. The van der Waals surface area contributed by atoms with Gasteiger partial charge in [-0.1, -0.05) is 0 Å².